The van der Waals surface area contributed by atoms with Crippen LogP contribution in [0.5, 0.6) is 11.5 Å². The van der Waals surface area contributed by atoms with Crippen molar-refractivity contribution in [1.82, 2.24) is 5.01 Å². The Bertz CT molecular complexity index is 1460. The highest BCUT2D eigenvalue weighted by atomic mass is 32.2. The lowest BCUT2D eigenvalue weighted by Gasteiger charge is -2.23. The average Bonchev–Trinajstić information content (AvgIpc) is 3.54. The fraction of sp³-hybridized carbons (Fsp3) is 0.241. The minimum absolute atomic E-state index is 0.0722. The van der Waals surface area contributed by atoms with E-state index in [4.69, 9.17) is 14.6 Å². The third-order valence-electron chi connectivity index (χ3n) is 6.51. The number of nitrogens with zero attached hydrogens (tertiary/aromatic N) is 3. The summed E-state index contributed by atoms with van der Waals surface area (Å²) < 4.78 is 24.2. The molecule has 10 heteroatoms. The molecule has 0 aromatic heterocycles. The topological polar surface area (TPSA) is 92.6 Å². The van der Waals surface area contributed by atoms with Gasteiger partial charge in [0.1, 0.15) is 22.6 Å². The molecule has 0 saturated carbocycles. The van der Waals surface area contributed by atoms with E-state index in [0.29, 0.717) is 28.8 Å². The van der Waals surface area contributed by atoms with Gasteiger partial charge in [0.2, 0.25) is 5.91 Å². The molecular weight excluding hydrogens is 519 g/mol. The number of rotatable bonds is 7. The Kier molecular flexibility index (Phi) is 7.65. The predicted octanol–water partition coefficient (Wildman–Crippen LogP) is 5.33. The summed E-state index contributed by atoms with van der Waals surface area (Å²) in [7, 11) is 3.21. The van der Waals surface area contributed by atoms with E-state index in [1.165, 1.54) is 36.0 Å². The second-order valence-corrected chi connectivity index (χ2v) is 10.4. The zero-order valence-electron chi connectivity index (χ0n) is 21.7. The SMILES string of the molecule is COc1ccc(OC)c(C2=NN(C3=NC(=O)[C@H](CC(=O)Nc4ccc(F)cc4)S3)[C@H](c3ccc(C)cc3)C2)c1. The number of halogens is 1. The number of anilines is 1. The molecule has 0 aliphatic carbocycles. The molecule has 0 saturated heterocycles. The number of hydrogen-bond acceptors (Lipinski definition) is 7. The van der Waals surface area contributed by atoms with Crippen molar-refractivity contribution >= 4 is 40.1 Å². The van der Waals surface area contributed by atoms with Gasteiger partial charge in [0.05, 0.1) is 26.0 Å². The van der Waals surface area contributed by atoms with E-state index in [2.05, 4.69) is 10.3 Å². The van der Waals surface area contributed by atoms with Gasteiger partial charge in [-0.3, -0.25) is 9.59 Å². The van der Waals surface area contributed by atoms with Gasteiger partial charge in [0.15, 0.2) is 5.17 Å². The van der Waals surface area contributed by atoms with Crippen molar-refractivity contribution in [3.63, 3.8) is 0 Å². The molecule has 8 nitrogen and oxygen atoms in total. The van der Waals surface area contributed by atoms with E-state index in [9.17, 15) is 14.0 Å². The molecule has 2 atom stereocenters. The van der Waals surface area contributed by atoms with Crippen LogP contribution in [0.25, 0.3) is 0 Å². The van der Waals surface area contributed by atoms with Crippen LogP contribution in [0.2, 0.25) is 0 Å². The lowest BCUT2D eigenvalue weighted by molar-refractivity contribution is -0.121. The molecule has 3 aromatic carbocycles. The first-order chi connectivity index (χ1) is 18.8. The molecule has 0 fully saturated rings. The number of hydrazone groups is 1. The van der Waals surface area contributed by atoms with Crippen LogP contribution in [0.1, 0.15) is 35.6 Å². The van der Waals surface area contributed by atoms with Gasteiger partial charge in [-0.1, -0.05) is 41.6 Å². The minimum Gasteiger partial charge on any atom is -0.497 e. The third-order valence-corrected chi connectivity index (χ3v) is 7.66. The molecular formula is C29H27FN4O4S. The lowest BCUT2D eigenvalue weighted by Crippen LogP contribution is -2.25. The summed E-state index contributed by atoms with van der Waals surface area (Å²) in [4.78, 5) is 29.8. The molecule has 2 heterocycles. The van der Waals surface area contributed by atoms with Crippen molar-refractivity contribution in [2.75, 3.05) is 19.5 Å². The van der Waals surface area contributed by atoms with Crippen molar-refractivity contribution in [2.24, 2.45) is 10.1 Å². The standard InChI is InChI=1S/C29H27FN4O4S/c1-17-4-6-18(7-5-17)24-15-23(22-14-21(37-2)12-13-25(22)38-3)33-34(24)29-32-28(36)26(39-29)16-27(35)31-20-10-8-19(30)9-11-20/h4-14,24,26H,15-16H2,1-3H3,(H,31,35)/t24-,26-/m0/s1. The number of carbonyl (C=O) groups excluding carboxylic acids is 2. The van der Waals surface area contributed by atoms with Crippen molar-refractivity contribution in [2.45, 2.75) is 31.1 Å². The highest BCUT2D eigenvalue weighted by Gasteiger charge is 2.39. The van der Waals surface area contributed by atoms with Crippen molar-refractivity contribution in [3.05, 3.63) is 89.2 Å². The summed E-state index contributed by atoms with van der Waals surface area (Å²) in [5.41, 5.74) is 4.17. The second kappa shape index (κ2) is 11.3. The predicted molar refractivity (Wildman–Crippen MR) is 150 cm³/mol. The number of amidine groups is 1. The van der Waals surface area contributed by atoms with Gasteiger partial charge < -0.3 is 14.8 Å². The average molecular weight is 547 g/mol. The molecule has 2 amide bonds. The number of nitrogens with one attached hydrogen (secondary N) is 1. The molecule has 0 spiro atoms. The van der Waals surface area contributed by atoms with Crippen LogP contribution in [0.15, 0.2) is 76.8 Å². The summed E-state index contributed by atoms with van der Waals surface area (Å²) in [6.07, 6.45) is 0.479. The number of aliphatic imine (C=N–C) groups is 1. The van der Waals surface area contributed by atoms with E-state index < -0.39 is 17.0 Å². The summed E-state index contributed by atoms with van der Waals surface area (Å²) in [5, 5.41) is 9.11. The summed E-state index contributed by atoms with van der Waals surface area (Å²) in [6, 6.07) is 19.0. The Labute approximate surface area is 229 Å². The summed E-state index contributed by atoms with van der Waals surface area (Å²) in [6.45, 7) is 2.02. The Hall–Kier alpha value is -4.18. The van der Waals surface area contributed by atoms with Gasteiger partial charge in [-0.15, -0.1) is 0 Å². The van der Waals surface area contributed by atoms with Crippen molar-refractivity contribution in [1.29, 1.82) is 0 Å². The molecule has 3 aromatic rings. The maximum Gasteiger partial charge on any atom is 0.262 e. The molecule has 2 aliphatic rings. The highest BCUT2D eigenvalue weighted by Crippen LogP contribution is 2.40. The zero-order chi connectivity index (χ0) is 27.5. The molecule has 0 radical (unpaired) electrons. The first-order valence-corrected chi connectivity index (χ1v) is 13.2. The fourth-order valence-corrected chi connectivity index (χ4v) is 5.52. The van der Waals surface area contributed by atoms with Crippen LogP contribution in [0.4, 0.5) is 10.1 Å². The van der Waals surface area contributed by atoms with Gasteiger partial charge in [-0.05, 0) is 55.0 Å². The molecule has 2 aliphatic heterocycles. The van der Waals surface area contributed by atoms with Crippen molar-refractivity contribution < 1.29 is 23.5 Å². The number of amides is 2. The minimum atomic E-state index is -0.690. The molecule has 1 N–H and O–H groups in total. The second-order valence-electron chi connectivity index (χ2n) is 9.19. The van der Waals surface area contributed by atoms with E-state index in [0.717, 1.165) is 22.4 Å². The van der Waals surface area contributed by atoms with Gasteiger partial charge in [0, 0.05) is 24.1 Å². The van der Waals surface area contributed by atoms with Crippen molar-refractivity contribution in [3.8, 4) is 11.5 Å². The highest BCUT2D eigenvalue weighted by molar-refractivity contribution is 8.15. The van der Waals surface area contributed by atoms with Crippen LogP contribution in [-0.2, 0) is 9.59 Å². The molecule has 0 unspecified atom stereocenters. The Balaban J connectivity index is 1.40. The Morgan fingerprint density at radius 2 is 1.82 bits per heavy atom. The maximum absolute atomic E-state index is 13.2. The monoisotopic (exact) mass is 546 g/mol. The van der Waals surface area contributed by atoms with Crippen LogP contribution >= 0.6 is 11.8 Å². The summed E-state index contributed by atoms with van der Waals surface area (Å²) >= 11 is 1.22. The Morgan fingerprint density at radius 3 is 2.51 bits per heavy atom. The van der Waals surface area contributed by atoms with Crippen LogP contribution < -0.4 is 14.8 Å². The number of benzene rings is 3. The number of hydrogen-bond donors (Lipinski definition) is 1. The van der Waals surface area contributed by atoms with Crippen LogP contribution in [-0.4, -0.2) is 47.2 Å². The van der Waals surface area contributed by atoms with Gasteiger partial charge in [0.25, 0.3) is 5.91 Å². The molecule has 0 bridgehead atoms. The number of carbonyl (C=O) groups is 2. The van der Waals surface area contributed by atoms with Gasteiger partial charge >= 0.3 is 0 Å². The Morgan fingerprint density at radius 1 is 1.08 bits per heavy atom. The quantitative estimate of drug-likeness (QED) is 0.431. The van der Waals surface area contributed by atoms with E-state index in [1.807, 2.05) is 49.4 Å². The number of aryl methyl sites for hydroxylation is 1. The van der Waals surface area contributed by atoms with E-state index >= 15 is 0 Å². The zero-order valence-corrected chi connectivity index (χ0v) is 22.5. The van der Waals surface area contributed by atoms with Crippen LogP contribution in [0, 0.1) is 12.7 Å². The lowest BCUT2D eigenvalue weighted by atomic mass is 9.97. The normalized spacial score (nSPS) is 18.6. The van der Waals surface area contributed by atoms with E-state index in [1.54, 1.807) is 19.2 Å². The number of methoxy groups -OCH3 is 2. The maximum atomic E-state index is 13.2. The number of thioether (sulfide) groups is 1. The first-order valence-electron chi connectivity index (χ1n) is 12.3. The fourth-order valence-electron chi connectivity index (χ4n) is 4.46. The largest absolute Gasteiger partial charge is 0.497 e. The van der Waals surface area contributed by atoms with Gasteiger partial charge in [-0.25, -0.2) is 9.40 Å². The summed E-state index contributed by atoms with van der Waals surface area (Å²) in [5.74, 6) is 0.188. The van der Waals surface area contributed by atoms with Gasteiger partial charge in [-0.2, -0.15) is 10.1 Å². The third kappa shape index (κ3) is 5.80. The molecule has 39 heavy (non-hydrogen) atoms. The molecule has 5 rings (SSSR count). The smallest absolute Gasteiger partial charge is 0.262 e. The van der Waals surface area contributed by atoms with E-state index in [-0.39, 0.29) is 18.4 Å². The van der Waals surface area contributed by atoms with Crippen LogP contribution in [0.3, 0.4) is 0 Å². The first kappa shape index (κ1) is 26.4. The molecule has 200 valence electrons. The number of ether oxygens (including phenoxy) is 2.